The predicted octanol–water partition coefficient (Wildman–Crippen LogP) is 1.93. The van der Waals surface area contributed by atoms with Gasteiger partial charge in [-0.15, -0.1) is 0 Å². The molecule has 1 aromatic heterocycles. The van der Waals surface area contributed by atoms with E-state index in [4.69, 9.17) is 11.6 Å². The Bertz CT molecular complexity index is 797. The molecule has 1 N–H and O–H groups in total. The average molecular weight is 368 g/mol. The number of nitrogens with zero attached hydrogens (tertiary/aromatic N) is 2. The summed E-state index contributed by atoms with van der Waals surface area (Å²) >= 11 is 6.08. The molecule has 1 amide bonds. The van der Waals surface area contributed by atoms with Gasteiger partial charge in [-0.05, 0) is 23.8 Å². The Balaban J connectivity index is 1.98. The van der Waals surface area contributed by atoms with Crippen molar-refractivity contribution in [2.24, 2.45) is 0 Å². The first-order valence-electron chi connectivity index (χ1n) is 7.24. The van der Waals surface area contributed by atoms with Crippen LogP contribution in [0.3, 0.4) is 0 Å². The van der Waals surface area contributed by atoms with Gasteiger partial charge in [0.05, 0.1) is 11.8 Å². The molecule has 1 heterocycles. The van der Waals surface area contributed by atoms with Crippen molar-refractivity contribution in [3.63, 3.8) is 0 Å². The lowest BCUT2D eigenvalue weighted by atomic mass is 10.2. The second-order valence-corrected chi connectivity index (χ2v) is 7.58. The van der Waals surface area contributed by atoms with Crippen LogP contribution in [-0.2, 0) is 16.6 Å². The zero-order chi connectivity index (χ0) is 17.6. The third-order valence-electron chi connectivity index (χ3n) is 3.34. The fourth-order valence-electron chi connectivity index (χ4n) is 2.07. The van der Waals surface area contributed by atoms with Crippen molar-refractivity contribution < 1.29 is 13.2 Å². The van der Waals surface area contributed by atoms with Crippen molar-refractivity contribution in [2.45, 2.75) is 6.54 Å². The van der Waals surface area contributed by atoms with Crippen LogP contribution >= 0.6 is 11.6 Å². The van der Waals surface area contributed by atoms with E-state index in [0.717, 1.165) is 6.26 Å². The zero-order valence-electron chi connectivity index (χ0n) is 13.1. The molecule has 0 aliphatic heterocycles. The van der Waals surface area contributed by atoms with E-state index < -0.39 is 10.0 Å². The van der Waals surface area contributed by atoms with Crippen molar-refractivity contribution >= 4 is 27.5 Å². The molecule has 0 spiro atoms. The number of nitrogens with one attached hydrogen (secondary N) is 1. The van der Waals surface area contributed by atoms with Gasteiger partial charge in [0, 0.05) is 37.1 Å². The molecule has 0 saturated carbocycles. The summed E-state index contributed by atoms with van der Waals surface area (Å²) in [6.07, 6.45) is 4.16. The van der Waals surface area contributed by atoms with Crippen LogP contribution in [-0.4, -0.2) is 43.0 Å². The molecule has 0 bridgehead atoms. The van der Waals surface area contributed by atoms with Gasteiger partial charge in [-0.25, -0.2) is 8.42 Å². The quantitative estimate of drug-likeness (QED) is 0.810. The molecule has 0 saturated heterocycles. The maximum absolute atomic E-state index is 12.0. The molecule has 0 atom stereocenters. The Morgan fingerprint density at radius 3 is 2.62 bits per heavy atom. The molecule has 24 heavy (non-hydrogen) atoms. The fourth-order valence-corrected chi connectivity index (χ4v) is 3.06. The fraction of sp³-hybridized carbons (Fsp3) is 0.250. The summed E-state index contributed by atoms with van der Waals surface area (Å²) in [6, 6.07) is 10.4. The first kappa shape index (κ1) is 18.4. The van der Waals surface area contributed by atoms with Crippen molar-refractivity contribution in [1.29, 1.82) is 0 Å². The second kappa shape index (κ2) is 8.23. The molecule has 0 aliphatic rings. The molecule has 2 rings (SSSR count). The Morgan fingerprint density at radius 2 is 2.00 bits per heavy atom. The highest BCUT2D eigenvalue weighted by atomic mass is 35.5. The van der Waals surface area contributed by atoms with Crippen LogP contribution in [0.4, 0.5) is 0 Å². The smallest absolute Gasteiger partial charge is 0.252 e. The number of pyridine rings is 1. The molecule has 0 unspecified atom stereocenters. The number of rotatable bonds is 7. The topological polar surface area (TPSA) is 79.4 Å². The maximum Gasteiger partial charge on any atom is 0.252 e. The van der Waals surface area contributed by atoms with Crippen LogP contribution in [0.25, 0.3) is 0 Å². The molecular formula is C16H18ClN3O3S. The number of sulfonamides is 1. The monoisotopic (exact) mass is 367 g/mol. The number of carbonyl (C=O) groups excluding carboxylic acids is 1. The van der Waals surface area contributed by atoms with E-state index >= 15 is 0 Å². The van der Waals surface area contributed by atoms with Crippen LogP contribution in [0, 0.1) is 0 Å². The summed E-state index contributed by atoms with van der Waals surface area (Å²) in [5.74, 6) is -0.297. The lowest BCUT2D eigenvalue weighted by Crippen LogP contribution is -2.37. The number of halogens is 1. The van der Waals surface area contributed by atoms with E-state index in [9.17, 15) is 13.2 Å². The highest BCUT2D eigenvalue weighted by Crippen LogP contribution is 2.18. The SMILES string of the molecule is CS(=O)(=O)N(CCNC(=O)c1cccnc1)Cc1ccccc1Cl. The summed E-state index contributed by atoms with van der Waals surface area (Å²) in [4.78, 5) is 15.8. The van der Waals surface area contributed by atoms with Crippen molar-refractivity contribution in [3.8, 4) is 0 Å². The predicted molar refractivity (Wildman–Crippen MR) is 93.3 cm³/mol. The van der Waals surface area contributed by atoms with Gasteiger partial charge in [0.25, 0.3) is 5.91 Å². The highest BCUT2D eigenvalue weighted by Gasteiger charge is 2.18. The van der Waals surface area contributed by atoms with Gasteiger partial charge in [0.1, 0.15) is 0 Å². The largest absolute Gasteiger partial charge is 0.351 e. The number of aromatic nitrogens is 1. The van der Waals surface area contributed by atoms with Gasteiger partial charge in [-0.2, -0.15) is 4.31 Å². The minimum atomic E-state index is -3.43. The molecule has 0 radical (unpaired) electrons. The lowest BCUT2D eigenvalue weighted by Gasteiger charge is -2.20. The van der Waals surface area contributed by atoms with Crippen LogP contribution < -0.4 is 5.32 Å². The van der Waals surface area contributed by atoms with Gasteiger partial charge in [0.2, 0.25) is 10.0 Å². The van der Waals surface area contributed by atoms with Crippen molar-refractivity contribution in [1.82, 2.24) is 14.6 Å². The summed E-state index contributed by atoms with van der Waals surface area (Å²) in [6.45, 7) is 0.489. The molecule has 0 fully saturated rings. The average Bonchev–Trinajstić information content (AvgIpc) is 2.55. The summed E-state index contributed by atoms with van der Waals surface area (Å²) in [7, 11) is -3.43. The third-order valence-corrected chi connectivity index (χ3v) is 4.96. The summed E-state index contributed by atoms with van der Waals surface area (Å²) in [5.41, 5.74) is 1.14. The Morgan fingerprint density at radius 1 is 1.25 bits per heavy atom. The van der Waals surface area contributed by atoms with Crippen molar-refractivity contribution in [2.75, 3.05) is 19.3 Å². The molecular weight excluding hydrogens is 350 g/mol. The first-order chi connectivity index (χ1) is 11.4. The number of hydrogen-bond donors (Lipinski definition) is 1. The number of amides is 1. The molecule has 8 heteroatoms. The number of benzene rings is 1. The van der Waals surface area contributed by atoms with Crippen LogP contribution in [0.5, 0.6) is 0 Å². The zero-order valence-corrected chi connectivity index (χ0v) is 14.7. The van der Waals surface area contributed by atoms with Gasteiger partial charge < -0.3 is 5.32 Å². The standard InChI is InChI=1S/C16H18ClN3O3S/c1-24(22,23)20(12-14-5-2-3-7-15(14)17)10-9-19-16(21)13-6-4-8-18-11-13/h2-8,11H,9-10,12H2,1H3,(H,19,21). The van der Waals surface area contributed by atoms with Gasteiger partial charge in [-0.1, -0.05) is 29.8 Å². The lowest BCUT2D eigenvalue weighted by molar-refractivity contribution is 0.0951. The van der Waals surface area contributed by atoms with E-state index in [1.165, 1.54) is 10.5 Å². The van der Waals surface area contributed by atoms with E-state index in [2.05, 4.69) is 10.3 Å². The van der Waals surface area contributed by atoms with Gasteiger partial charge in [0.15, 0.2) is 0 Å². The van der Waals surface area contributed by atoms with Gasteiger partial charge in [-0.3, -0.25) is 9.78 Å². The summed E-state index contributed by atoms with van der Waals surface area (Å²) in [5, 5.41) is 3.19. The molecule has 2 aromatic rings. The molecule has 0 aliphatic carbocycles. The van der Waals surface area contributed by atoms with E-state index in [1.807, 2.05) is 0 Å². The molecule has 1 aromatic carbocycles. The second-order valence-electron chi connectivity index (χ2n) is 5.19. The molecule has 6 nitrogen and oxygen atoms in total. The van der Waals surface area contributed by atoms with Crippen LogP contribution in [0.2, 0.25) is 5.02 Å². The number of carbonyl (C=O) groups is 1. The number of hydrogen-bond acceptors (Lipinski definition) is 4. The molecule has 128 valence electrons. The Hall–Kier alpha value is -1.96. The first-order valence-corrected chi connectivity index (χ1v) is 9.47. The normalized spacial score (nSPS) is 11.5. The Kier molecular flexibility index (Phi) is 6.30. The van der Waals surface area contributed by atoms with E-state index in [1.54, 1.807) is 42.6 Å². The van der Waals surface area contributed by atoms with E-state index in [0.29, 0.717) is 16.1 Å². The Labute approximate surface area is 146 Å². The third kappa shape index (κ3) is 5.30. The minimum absolute atomic E-state index is 0.149. The van der Waals surface area contributed by atoms with Gasteiger partial charge >= 0.3 is 0 Å². The van der Waals surface area contributed by atoms with Crippen LogP contribution in [0.1, 0.15) is 15.9 Å². The highest BCUT2D eigenvalue weighted by molar-refractivity contribution is 7.88. The maximum atomic E-state index is 12.0. The van der Waals surface area contributed by atoms with Crippen LogP contribution in [0.15, 0.2) is 48.8 Å². The minimum Gasteiger partial charge on any atom is -0.351 e. The van der Waals surface area contributed by atoms with E-state index in [-0.39, 0.29) is 25.5 Å². The van der Waals surface area contributed by atoms with Crippen molar-refractivity contribution in [3.05, 3.63) is 64.9 Å². The summed E-state index contributed by atoms with van der Waals surface area (Å²) < 4.78 is 25.2.